The van der Waals surface area contributed by atoms with Crippen molar-refractivity contribution in [3.63, 3.8) is 0 Å². The second kappa shape index (κ2) is 5.76. The number of benzene rings is 2. The highest BCUT2D eigenvalue weighted by atomic mass is 15.3. The van der Waals surface area contributed by atoms with Crippen LogP contribution in [0.15, 0.2) is 60.7 Å². The zero-order valence-electron chi connectivity index (χ0n) is 12.5. The van der Waals surface area contributed by atoms with Gasteiger partial charge in [0.2, 0.25) is 0 Å². The van der Waals surface area contributed by atoms with Gasteiger partial charge in [0.1, 0.15) is 11.6 Å². The van der Waals surface area contributed by atoms with Crippen LogP contribution in [-0.2, 0) is 13.0 Å². The third-order valence-electron chi connectivity index (χ3n) is 4.41. The van der Waals surface area contributed by atoms with Gasteiger partial charge < -0.3 is 4.57 Å². The minimum Gasteiger partial charge on any atom is -0.314 e. The molecule has 0 unspecified atom stereocenters. The zero-order chi connectivity index (χ0) is 14.8. The highest BCUT2D eigenvalue weighted by Gasteiger charge is 2.25. The molecule has 0 atom stereocenters. The van der Waals surface area contributed by atoms with Crippen LogP contribution in [0.5, 0.6) is 0 Å². The van der Waals surface area contributed by atoms with E-state index >= 15 is 0 Å². The van der Waals surface area contributed by atoms with E-state index in [9.17, 15) is 0 Å². The summed E-state index contributed by atoms with van der Waals surface area (Å²) >= 11 is 0. The fraction of sp³-hybridized carbons (Fsp3) is 0.263. The van der Waals surface area contributed by atoms with Crippen LogP contribution in [0.1, 0.15) is 41.5 Å². The summed E-state index contributed by atoms with van der Waals surface area (Å²) in [6.07, 6.45) is 3.48. The quantitative estimate of drug-likeness (QED) is 0.734. The Labute approximate surface area is 130 Å². The third-order valence-corrected chi connectivity index (χ3v) is 4.41. The summed E-state index contributed by atoms with van der Waals surface area (Å²) in [5.41, 5.74) is 2.55. The molecule has 1 aliphatic heterocycles. The summed E-state index contributed by atoms with van der Waals surface area (Å²) in [5.74, 6) is 2.37. The average Bonchev–Trinajstić information content (AvgIpc) is 3.01. The predicted molar refractivity (Wildman–Crippen MR) is 86.8 cm³/mol. The summed E-state index contributed by atoms with van der Waals surface area (Å²) in [6.45, 7) is 1.04. The number of hydrogen-bond donors (Lipinski definition) is 0. The van der Waals surface area contributed by atoms with Crippen molar-refractivity contribution < 1.29 is 0 Å². The molecule has 0 radical (unpaired) electrons. The Kier molecular flexibility index (Phi) is 3.47. The van der Waals surface area contributed by atoms with Gasteiger partial charge in [-0.2, -0.15) is 0 Å². The molecule has 0 aliphatic carbocycles. The molecule has 110 valence electrons. The second-order valence-corrected chi connectivity index (χ2v) is 5.84. The molecule has 1 aliphatic rings. The summed E-state index contributed by atoms with van der Waals surface area (Å²) in [5, 5.41) is 9.01. The molecule has 4 rings (SSSR count). The van der Waals surface area contributed by atoms with Gasteiger partial charge in [-0.25, -0.2) is 0 Å². The van der Waals surface area contributed by atoms with Gasteiger partial charge in [-0.3, -0.25) is 0 Å². The maximum Gasteiger partial charge on any atom is 0.145 e. The molecule has 3 nitrogen and oxygen atoms in total. The van der Waals surface area contributed by atoms with E-state index in [0.717, 1.165) is 24.6 Å². The second-order valence-electron chi connectivity index (χ2n) is 5.84. The van der Waals surface area contributed by atoms with Crippen molar-refractivity contribution in [2.75, 3.05) is 0 Å². The van der Waals surface area contributed by atoms with Crippen LogP contribution >= 0.6 is 0 Å². The normalized spacial score (nSPS) is 14.0. The molecule has 3 heteroatoms. The molecular formula is C19H19N3. The first-order chi connectivity index (χ1) is 10.9. The minimum atomic E-state index is 0.154. The molecule has 0 fully saturated rings. The van der Waals surface area contributed by atoms with Gasteiger partial charge in [0.15, 0.2) is 0 Å². The smallest absolute Gasteiger partial charge is 0.145 e. The monoisotopic (exact) mass is 289 g/mol. The van der Waals surface area contributed by atoms with Gasteiger partial charge in [0, 0.05) is 13.0 Å². The van der Waals surface area contributed by atoms with Gasteiger partial charge in [-0.1, -0.05) is 60.7 Å². The third kappa shape index (κ3) is 2.33. The van der Waals surface area contributed by atoms with E-state index < -0.39 is 0 Å². The average molecular weight is 289 g/mol. The van der Waals surface area contributed by atoms with Crippen molar-refractivity contribution in [3.05, 3.63) is 83.4 Å². The Morgan fingerprint density at radius 1 is 0.773 bits per heavy atom. The van der Waals surface area contributed by atoms with Gasteiger partial charge >= 0.3 is 0 Å². The molecule has 2 heterocycles. The molecule has 0 N–H and O–H groups in total. The standard InChI is InChI=1S/C19H19N3/c1-3-9-15(10-4-1)18(16-11-5-2-6-12-16)19-21-20-17-13-7-8-14-22(17)19/h1-6,9-12,18H,7-8,13-14H2. The molecule has 0 amide bonds. The van der Waals surface area contributed by atoms with Crippen molar-refractivity contribution >= 4 is 0 Å². The lowest BCUT2D eigenvalue weighted by molar-refractivity contribution is 0.505. The van der Waals surface area contributed by atoms with E-state index in [-0.39, 0.29) is 5.92 Å². The van der Waals surface area contributed by atoms with Gasteiger partial charge in [-0.05, 0) is 24.0 Å². The summed E-state index contributed by atoms with van der Waals surface area (Å²) < 4.78 is 2.33. The zero-order valence-corrected chi connectivity index (χ0v) is 12.5. The van der Waals surface area contributed by atoms with Crippen LogP contribution in [0, 0.1) is 0 Å². The summed E-state index contributed by atoms with van der Waals surface area (Å²) in [4.78, 5) is 0. The number of aryl methyl sites for hydroxylation is 1. The molecule has 2 aromatic carbocycles. The Morgan fingerprint density at radius 3 is 2.05 bits per heavy atom. The fourth-order valence-corrected chi connectivity index (χ4v) is 3.33. The summed E-state index contributed by atoms with van der Waals surface area (Å²) in [6, 6.07) is 21.2. The van der Waals surface area contributed by atoms with Crippen molar-refractivity contribution in [1.82, 2.24) is 14.8 Å². The Hall–Kier alpha value is -2.42. The van der Waals surface area contributed by atoms with E-state index in [1.165, 1.54) is 24.0 Å². The van der Waals surface area contributed by atoms with E-state index in [0.29, 0.717) is 0 Å². The molecule has 0 spiro atoms. The van der Waals surface area contributed by atoms with Crippen LogP contribution in [0.3, 0.4) is 0 Å². The molecule has 22 heavy (non-hydrogen) atoms. The maximum atomic E-state index is 4.56. The number of nitrogens with zero attached hydrogens (tertiary/aromatic N) is 3. The highest BCUT2D eigenvalue weighted by molar-refractivity contribution is 5.38. The lowest BCUT2D eigenvalue weighted by Crippen LogP contribution is -2.17. The Morgan fingerprint density at radius 2 is 1.41 bits per heavy atom. The molecule has 0 bridgehead atoms. The molecule has 3 aromatic rings. The molecule has 0 saturated carbocycles. The molecule has 0 saturated heterocycles. The van der Waals surface area contributed by atoms with Gasteiger partial charge in [0.05, 0.1) is 5.92 Å². The first-order valence-electron chi connectivity index (χ1n) is 7.95. The predicted octanol–water partition coefficient (Wildman–Crippen LogP) is 3.79. The molecule has 1 aromatic heterocycles. The van der Waals surface area contributed by atoms with E-state index in [2.05, 4.69) is 75.4 Å². The number of rotatable bonds is 3. The lowest BCUT2D eigenvalue weighted by Gasteiger charge is -2.21. The van der Waals surface area contributed by atoms with E-state index in [4.69, 9.17) is 0 Å². The maximum absolute atomic E-state index is 4.56. The largest absolute Gasteiger partial charge is 0.314 e. The van der Waals surface area contributed by atoms with Crippen molar-refractivity contribution in [1.29, 1.82) is 0 Å². The number of aromatic nitrogens is 3. The van der Waals surface area contributed by atoms with Crippen LogP contribution < -0.4 is 0 Å². The first kappa shape index (κ1) is 13.3. The SMILES string of the molecule is c1ccc(C(c2ccccc2)c2nnc3n2CCCC3)cc1. The number of fused-ring (bicyclic) bond motifs is 1. The van der Waals surface area contributed by atoms with Crippen LogP contribution in [-0.4, -0.2) is 14.8 Å². The first-order valence-corrected chi connectivity index (χ1v) is 7.95. The lowest BCUT2D eigenvalue weighted by atomic mass is 9.90. The van der Waals surface area contributed by atoms with E-state index in [1.54, 1.807) is 0 Å². The van der Waals surface area contributed by atoms with Crippen molar-refractivity contribution in [2.24, 2.45) is 0 Å². The van der Waals surface area contributed by atoms with E-state index in [1.807, 2.05) is 0 Å². The van der Waals surface area contributed by atoms with Crippen molar-refractivity contribution in [2.45, 2.75) is 31.7 Å². The molecular weight excluding hydrogens is 270 g/mol. The van der Waals surface area contributed by atoms with Crippen LogP contribution in [0.2, 0.25) is 0 Å². The number of hydrogen-bond acceptors (Lipinski definition) is 2. The fourth-order valence-electron chi connectivity index (χ4n) is 3.33. The topological polar surface area (TPSA) is 30.7 Å². The Bertz CT molecular complexity index is 707. The summed E-state index contributed by atoms with van der Waals surface area (Å²) in [7, 11) is 0. The van der Waals surface area contributed by atoms with Crippen molar-refractivity contribution in [3.8, 4) is 0 Å². The van der Waals surface area contributed by atoms with Gasteiger partial charge in [-0.15, -0.1) is 10.2 Å². The highest BCUT2D eigenvalue weighted by Crippen LogP contribution is 2.32. The Balaban J connectivity index is 1.86. The van der Waals surface area contributed by atoms with Crippen LogP contribution in [0.4, 0.5) is 0 Å². The van der Waals surface area contributed by atoms with Gasteiger partial charge in [0.25, 0.3) is 0 Å². The van der Waals surface area contributed by atoms with Crippen LogP contribution in [0.25, 0.3) is 0 Å². The minimum absolute atomic E-state index is 0.154.